The number of rotatable bonds is 1. The molecular formula is C3H6FLiO4. The molecule has 0 radical (unpaired) electrons. The van der Waals surface area contributed by atoms with Crippen molar-refractivity contribution >= 4 is 11.8 Å². The number of carbonyl (C=O) groups excluding carboxylic acids is 2. The molecule has 0 heterocycles. The summed E-state index contributed by atoms with van der Waals surface area (Å²) in [5, 5.41) is 0. The molecule has 9 heavy (non-hydrogen) atoms. The topological polar surface area (TPSA) is 74.9 Å². The molecule has 2 N–H and O–H groups in total. The fourth-order valence-electron chi connectivity index (χ4n) is 0.0543. The fraction of sp³-hybridized carbons (Fsp3) is 0.333. The first-order valence-electron chi connectivity index (χ1n) is 1.52. The molecule has 0 aliphatic heterocycles. The van der Waals surface area contributed by atoms with E-state index in [1.54, 1.807) is 0 Å². The van der Waals surface area contributed by atoms with E-state index < -0.39 is 11.8 Å². The van der Waals surface area contributed by atoms with E-state index >= 15 is 0 Å². The average Bonchev–Trinajstić information content (AvgIpc) is 1.65. The van der Waals surface area contributed by atoms with E-state index in [-0.39, 0.29) is 25.8 Å². The predicted octanol–water partition coefficient (Wildman–Crippen LogP) is -3.71. The smallest absolute Gasteiger partial charge is 1.00 e. The summed E-state index contributed by atoms with van der Waals surface area (Å²) in [4.78, 5) is 21.7. The Labute approximate surface area is 64.2 Å². The zero-order valence-electron chi connectivity index (χ0n) is 6.10. The van der Waals surface area contributed by atoms with Crippen LogP contribution in [-0.2, 0) is 14.5 Å². The van der Waals surface area contributed by atoms with Gasteiger partial charge < -0.3 is 6.90 Å². The second-order valence-corrected chi connectivity index (χ2v) is 0.921. The zero-order valence-corrected chi connectivity index (χ0v) is 5.10. The molecule has 0 atom stereocenters. The SMILES string of the molecule is CC(=O)C(=O)OF.O.[H-].[Li+]. The van der Waals surface area contributed by atoms with Gasteiger partial charge in [-0.1, -0.05) is 0 Å². The summed E-state index contributed by atoms with van der Waals surface area (Å²) in [7, 11) is 0. The summed E-state index contributed by atoms with van der Waals surface area (Å²) in [5.41, 5.74) is 0. The molecule has 4 nitrogen and oxygen atoms in total. The fourth-order valence-corrected chi connectivity index (χ4v) is 0.0543. The summed E-state index contributed by atoms with van der Waals surface area (Å²) in [6, 6.07) is 0. The summed E-state index contributed by atoms with van der Waals surface area (Å²) >= 11 is 0. The third kappa shape index (κ3) is 7.63. The van der Waals surface area contributed by atoms with Gasteiger partial charge in [0.05, 0.1) is 0 Å². The normalized spacial score (nSPS) is 6.00. The van der Waals surface area contributed by atoms with Gasteiger partial charge in [-0.25, -0.2) is 9.74 Å². The van der Waals surface area contributed by atoms with Gasteiger partial charge in [-0.2, -0.15) is 0 Å². The van der Waals surface area contributed by atoms with E-state index in [0.29, 0.717) is 0 Å². The third-order valence-corrected chi connectivity index (χ3v) is 0.358. The van der Waals surface area contributed by atoms with Gasteiger partial charge in [-0.15, -0.1) is 0 Å². The Morgan fingerprint density at radius 1 is 1.56 bits per heavy atom. The van der Waals surface area contributed by atoms with Crippen LogP contribution >= 0.6 is 0 Å². The van der Waals surface area contributed by atoms with Crippen LogP contribution in [-0.4, -0.2) is 17.2 Å². The van der Waals surface area contributed by atoms with Crippen molar-refractivity contribution in [3.8, 4) is 0 Å². The molecule has 0 aromatic carbocycles. The van der Waals surface area contributed by atoms with Gasteiger partial charge in [-0.3, -0.25) is 4.79 Å². The van der Waals surface area contributed by atoms with Crippen molar-refractivity contribution in [2.75, 3.05) is 0 Å². The van der Waals surface area contributed by atoms with Crippen LogP contribution in [0.25, 0.3) is 0 Å². The largest absolute Gasteiger partial charge is 1.00 e. The summed E-state index contributed by atoms with van der Waals surface area (Å²) in [5.74, 6) is -2.40. The quantitative estimate of drug-likeness (QED) is 0.272. The monoisotopic (exact) mass is 132 g/mol. The molecule has 0 bridgehead atoms. The van der Waals surface area contributed by atoms with Crippen molar-refractivity contribution in [1.82, 2.24) is 0 Å². The van der Waals surface area contributed by atoms with E-state index in [1.165, 1.54) is 0 Å². The minimum absolute atomic E-state index is 0. The van der Waals surface area contributed by atoms with Crippen LogP contribution in [0.3, 0.4) is 0 Å². The Hall–Kier alpha value is -0.373. The number of ketones is 1. The molecule has 0 rings (SSSR count). The van der Waals surface area contributed by atoms with Gasteiger partial charge in [0.1, 0.15) is 0 Å². The number of carbonyl (C=O) groups is 2. The molecule has 0 aromatic heterocycles. The first-order chi connectivity index (χ1) is 3.18. The van der Waals surface area contributed by atoms with Crippen LogP contribution in [0.2, 0.25) is 0 Å². The Bertz CT molecular complexity index is 109. The number of Topliss-reactive ketones (excluding diaryl/α,β-unsaturated/α-hetero) is 1. The van der Waals surface area contributed by atoms with Gasteiger partial charge >= 0.3 is 24.8 Å². The molecule has 0 aliphatic rings. The van der Waals surface area contributed by atoms with E-state index in [4.69, 9.17) is 0 Å². The molecular weight excluding hydrogens is 126 g/mol. The minimum atomic E-state index is -1.46. The molecule has 0 unspecified atom stereocenters. The number of hydrogen-bond donors (Lipinski definition) is 0. The molecule has 0 aliphatic carbocycles. The van der Waals surface area contributed by atoms with Crippen molar-refractivity contribution in [3.63, 3.8) is 0 Å². The van der Waals surface area contributed by atoms with Crippen LogP contribution in [0, 0.1) is 0 Å². The van der Waals surface area contributed by atoms with Crippen molar-refractivity contribution in [1.29, 1.82) is 0 Å². The average molecular weight is 132 g/mol. The first-order valence-corrected chi connectivity index (χ1v) is 1.52. The molecule has 0 aromatic rings. The Morgan fingerprint density at radius 2 is 1.89 bits per heavy atom. The minimum Gasteiger partial charge on any atom is -1.00 e. The Kier molecular flexibility index (Phi) is 13.4. The molecule has 6 heteroatoms. The van der Waals surface area contributed by atoms with Gasteiger partial charge in [0.15, 0.2) is 0 Å². The van der Waals surface area contributed by atoms with Gasteiger partial charge in [0, 0.05) is 11.4 Å². The van der Waals surface area contributed by atoms with Gasteiger partial charge in [-0.05, 0) is 0 Å². The van der Waals surface area contributed by atoms with Crippen molar-refractivity contribution in [3.05, 3.63) is 0 Å². The van der Waals surface area contributed by atoms with E-state index in [2.05, 4.69) is 4.94 Å². The third-order valence-electron chi connectivity index (χ3n) is 0.358. The molecule has 0 saturated heterocycles. The van der Waals surface area contributed by atoms with Crippen LogP contribution in [0.15, 0.2) is 0 Å². The second kappa shape index (κ2) is 7.63. The summed E-state index contributed by atoms with van der Waals surface area (Å²) in [6.45, 7) is 0.919. The second-order valence-electron chi connectivity index (χ2n) is 0.921. The van der Waals surface area contributed by atoms with E-state index in [0.717, 1.165) is 6.92 Å². The summed E-state index contributed by atoms with van der Waals surface area (Å²) < 4.78 is 10.6. The maximum atomic E-state index is 10.6. The zero-order chi connectivity index (χ0) is 5.86. The number of halogens is 1. The van der Waals surface area contributed by atoms with Crippen molar-refractivity contribution in [2.45, 2.75) is 6.92 Å². The van der Waals surface area contributed by atoms with Crippen LogP contribution in [0.1, 0.15) is 8.35 Å². The van der Waals surface area contributed by atoms with Crippen LogP contribution in [0.4, 0.5) is 4.53 Å². The Morgan fingerprint density at radius 3 is 1.89 bits per heavy atom. The van der Waals surface area contributed by atoms with E-state index in [9.17, 15) is 14.1 Å². The van der Waals surface area contributed by atoms with Gasteiger partial charge in [0.2, 0.25) is 5.78 Å². The molecule has 50 valence electrons. The predicted molar refractivity (Wildman–Crippen MR) is 22.6 cm³/mol. The van der Waals surface area contributed by atoms with Gasteiger partial charge in [0.25, 0.3) is 0 Å². The Balaban J connectivity index is -0.0000000600. The van der Waals surface area contributed by atoms with Crippen LogP contribution in [0.5, 0.6) is 0 Å². The van der Waals surface area contributed by atoms with Crippen molar-refractivity contribution < 1.29 is 44.8 Å². The maximum absolute atomic E-state index is 10.6. The standard InChI is InChI=1S/C3H3FO3.Li.H2O.H/c1-2(5)3(6)7-4;;;/h1H3;;1H2;/q;+1;;-1. The molecule has 0 spiro atoms. The maximum Gasteiger partial charge on any atom is 1.00 e. The first kappa shape index (κ1) is 15.8. The molecule has 0 saturated carbocycles. The van der Waals surface area contributed by atoms with Crippen LogP contribution < -0.4 is 18.9 Å². The van der Waals surface area contributed by atoms with Crippen molar-refractivity contribution in [2.24, 2.45) is 0 Å². The molecule has 0 amide bonds. The van der Waals surface area contributed by atoms with E-state index in [1.807, 2.05) is 0 Å². The number of hydrogen-bond acceptors (Lipinski definition) is 3. The molecule has 0 fully saturated rings. The summed E-state index contributed by atoms with van der Waals surface area (Å²) in [6.07, 6.45) is 0.